The predicted octanol–water partition coefficient (Wildman–Crippen LogP) is 3.83. The molecule has 8 heteroatoms. The van der Waals surface area contributed by atoms with Crippen LogP contribution in [0, 0.1) is 0 Å². The number of hydrogen-bond donors (Lipinski definition) is 2. The summed E-state index contributed by atoms with van der Waals surface area (Å²) in [6.45, 7) is 2.68. The minimum atomic E-state index is -0.0263. The van der Waals surface area contributed by atoms with Crippen LogP contribution in [0.1, 0.15) is 16.6 Å². The Balaban J connectivity index is 1.75. The summed E-state index contributed by atoms with van der Waals surface area (Å²) in [4.78, 5) is 22.0. The molecular formula is C18H14ClN5OS. The monoisotopic (exact) mass is 383 g/mol. The lowest BCUT2D eigenvalue weighted by Crippen LogP contribution is -2.34. The van der Waals surface area contributed by atoms with Crippen molar-refractivity contribution in [2.24, 2.45) is 0 Å². The van der Waals surface area contributed by atoms with E-state index in [9.17, 15) is 4.79 Å². The number of benzene rings is 1. The SMILES string of the molecule is C[C@@H]1CNc2c(sc3ccc4nc(-n5ccnc5Cl)ccc4c23)C(=O)N1. The van der Waals surface area contributed by atoms with E-state index in [4.69, 9.17) is 16.6 Å². The van der Waals surface area contributed by atoms with Crippen LogP contribution in [0.15, 0.2) is 36.7 Å². The number of nitrogens with zero attached hydrogens (tertiary/aromatic N) is 3. The summed E-state index contributed by atoms with van der Waals surface area (Å²) >= 11 is 7.61. The third-order valence-corrected chi connectivity index (χ3v) is 5.95. The Hall–Kier alpha value is -2.64. The molecule has 3 aromatic heterocycles. The number of imidazole rings is 1. The topological polar surface area (TPSA) is 71.8 Å². The fourth-order valence-corrected chi connectivity index (χ4v) is 4.60. The number of carbonyl (C=O) groups is 1. The zero-order valence-electron chi connectivity index (χ0n) is 13.8. The van der Waals surface area contributed by atoms with E-state index in [1.54, 1.807) is 17.0 Å². The Bertz CT molecular complexity index is 1180. The first-order valence-corrected chi connectivity index (χ1v) is 9.41. The second-order valence-electron chi connectivity index (χ2n) is 6.30. The van der Waals surface area contributed by atoms with Crippen LogP contribution in [0.2, 0.25) is 5.28 Å². The Morgan fingerprint density at radius 1 is 1.31 bits per heavy atom. The summed E-state index contributed by atoms with van der Waals surface area (Å²) in [5.74, 6) is 0.682. The number of aromatic nitrogens is 3. The molecule has 0 spiro atoms. The first-order valence-electron chi connectivity index (χ1n) is 8.22. The van der Waals surface area contributed by atoms with Crippen LogP contribution in [0.3, 0.4) is 0 Å². The van der Waals surface area contributed by atoms with E-state index in [2.05, 4.69) is 15.6 Å². The summed E-state index contributed by atoms with van der Waals surface area (Å²) in [6.07, 6.45) is 3.42. The Morgan fingerprint density at radius 2 is 2.19 bits per heavy atom. The van der Waals surface area contributed by atoms with Crippen molar-refractivity contribution >= 4 is 55.5 Å². The van der Waals surface area contributed by atoms with Crippen LogP contribution in [-0.4, -0.2) is 33.0 Å². The molecule has 0 radical (unpaired) electrons. The number of anilines is 1. The molecule has 5 rings (SSSR count). The number of thiophene rings is 1. The van der Waals surface area contributed by atoms with E-state index in [-0.39, 0.29) is 11.9 Å². The van der Waals surface area contributed by atoms with E-state index >= 15 is 0 Å². The first-order chi connectivity index (χ1) is 12.6. The van der Waals surface area contributed by atoms with Gasteiger partial charge in [0, 0.05) is 40.5 Å². The Morgan fingerprint density at radius 3 is 3.00 bits per heavy atom. The van der Waals surface area contributed by atoms with E-state index in [0.717, 1.165) is 31.6 Å². The number of nitrogens with one attached hydrogen (secondary N) is 2. The predicted molar refractivity (Wildman–Crippen MR) is 105 cm³/mol. The highest BCUT2D eigenvalue weighted by Crippen LogP contribution is 2.40. The van der Waals surface area contributed by atoms with Crippen LogP contribution in [0.5, 0.6) is 0 Å². The number of halogens is 1. The maximum Gasteiger partial charge on any atom is 0.263 e. The zero-order valence-corrected chi connectivity index (χ0v) is 15.4. The van der Waals surface area contributed by atoms with Crippen molar-refractivity contribution in [3.8, 4) is 5.82 Å². The summed E-state index contributed by atoms with van der Waals surface area (Å²) in [6, 6.07) is 8.01. The van der Waals surface area contributed by atoms with Gasteiger partial charge < -0.3 is 10.6 Å². The van der Waals surface area contributed by atoms with Gasteiger partial charge in [-0.25, -0.2) is 9.97 Å². The van der Waals surface area contributed by atoms with Gasteiger partial charge in [0.25, 0.3) is 5.91 Å². The summed E-state index contributed by atoms with van der Waals surface area (Å²) in [5, 5.41) is 8.87. The molecule has 1 aliphatic rings. The molecule has 0 fully saturated rings. The molecule has 2 N–H and O–H groups in total. The number of hydrogen-bond acceptors (Lipinski definition) is 5. The third-order valence-electron chi connectivity index (χ3n) is 4.52. The van der Waals surface area contributed by atoms with Crippen LogP contribution in [-0.2, 0) is 0 Å². The lowest BCUT2D eigenvalue weighted by Gasteiger charge is -2.10. The highest BCUT2D eigenvalue weighted by molar-refractivity contribution is 7.21. The fraction of sp³-hybridized carbons (Fsp3) is 0.167. The fourth-order valence-electron chi connectivity index (χ4n) is 3.31. The van der Waals surface area contributed by atoms with Gasteiger partial charge in [-0.3, -0.25) is 9.36 Å². The van der Waals surface area contributed by atoms with Crippen molar-refractivity contribution in [2.45, 2.75) is 13.0 Å². The van der Waals surface area contributed by atoms with Gasteiger partial charge in [-0.05, 0) is 42.8 Å². The molecule has 1 amide bonds. The number of rotatable bonds is 1. The lowest BCUT2D eigenvalue weighted by atomic mass is 10.1. The highest BCUT2D eigenvalue weighted by atomic mass is 35.5. The molecule has 1 aromatic carbocycles. The second-order valence-corrected chi connectivity index (χ2v) is 7.69. The quantitative estimate of drug-likeness (QED) is 0.524. The van der Waals surface area contributed by atoms with E-state index in [0.29, 0.717) is 17.6 Å². The molecule has 0 bridgehead atoms. The second kappa shape index (κ2) is 5.69. The molecule has 0 saturated heterocycles. The van der Waals surface area contributed by atoms with Gasteiger partial charge in [0.15, 0.2) is 0 Å². The van der Waals surface area contributed by atoms with Gasteiger partial charge in [0.2, 0.25) is 5.28 Å². The van der Waals surface area contributed by atoms with E-state index < -0.39 is 0 Å². The molecule has 26 heavy (non-hydrogen) atoms. The summed E-state index contributed by atoms with van der Waals surface area (Å²) in [5.41, 5.74) is 1.74. The zero-order chi connectivity index (χ0) is 17.8. The molecule has 4 heterocycles. The van der Waals surface area contributed by atoms with Crippen LogP contribution < -0.4 is 10.6 Å². The maximum atomic E-state index is 12.5. The molecule has 1 atom stereocenters. The van der Waals surface area contributed by atoms with Gasteiger partial charge in [0.05, 0.1) is 11.2 Å². The van der Waals surface area contributed by atoms with Gasteiger partial charge >= 0.3 is 0 Å². The molecule has 1 aliphatic heterocycles. The molecule has 6 nitrogen and oxygen atoms in total. The minimum Gasteiger partial charge on any atom is -0.381 e. The van der Waals surface area contributed by atoms with Gasteiger partial charge in [-0.2, -0.15) is 0 Å². The first kappa shape index (κ1) is 15.6. The molecule has 4 aromatic rings. The van der Waals surface area contributed by atoms with Gasteiger partial charge in [-0.1, -0.05) is 0 Å². The van der Waals surface area contributed by atoms with Crippen molar-refractivity contribution in [1.82, 2.24) is 19.9 Å². The van der Waals surface area contributed by atoms with Crippen LogP contribution in [0.25, 0.3) is 26.8 Å². The normalized spacial score (nSPS) is 17.0. The average molecular weight is 384 g/mol. The van der Waals surface area contributed by atoms with E-state index in [1.165, 1.54) is 11.3 Å². The average Bonchev–Trinajstić information content (AvgIpc) is 3.19. The largest absolute Gasteiger partial charge is 0.381 e. The molecular weight excluding hydrogens is 370 g/mol. The maximum absolute atomic E-state index is 12.5. The number of amides is 1. The van der Waals surface area contributed by atoms with Gasteiger partial charge in [-0.15, -0.1) is 11.3 Å². The number of carbonyl (C=O) groups excluding carboxylic acids is 1. The summed E-state index contributed by atoms with van der Waals surface area (Å²) in [7, 11) is 0. The molecule has 0 unspecified atom stereocenters. The minimum absolute atomic E-state index is 0.0263. The third kappa shape index (κ3) is 2.28. The number of pyridine rings is 1. The standard InChI is InChI=1S/C18H14ClN5OS/c1-9-8-21-15-14-10-2-5-13(24-7-6-20-18(24)19)23-11(10)3-4-12(14)26-16(15)17(25)22-9/h2-7,9,21H,8H2,1H3,(H,22,25)/t9-/m1/s1. The Labute approximate surface area is 157 Å². The van der Waals surface area contributed by atoms with Crippen molar-refractivity contribution in [1.29, 1.82) is 0 Å². The van der Waals surface area contributed by atoms with Crippen LogP contribution in [0.4, 0.5) is 5.69 Å². The molecule has 0 saturated carbocycles. The van der Waals surface area contributed by atoms with Gasteiger partial charge in [0.1, 0.15) is 10.7 Å². The van der Waals surface area contributed by atoms with E-state index in [1.807, 2.05) is 31.2 Å². The highest BCUT2D eigenvalue weighted by Gasteiger charge is 2.24. The number of fused-ring (bicyclic) bond motifs is 5. The van der Waals surface area contributed by atoms with Crippen molar-refractivity contribution < 1.29 is 4.79 Å². The Kier molecular flexibility index (Phi) is 3.41. The lowest BCUT2D eigenvalue weighted by molar-refractivity contribution is 0.0949. The van der Waals surface area contributed by atoms with Crippen molar-refractivity contribution in [3.05, 3.63) is 46.8 Å². The molecule has 0 aliphatic carbocycles. The smallest absolute Gasteiger partial charge is 0.263 e. The molecule has 130 valence electrons. The van der Waals surface area contributed by atoms with Crippen molar-refractivity contribution in [2.75, 3.05) is 11.9 Å². The van der Waals surface area contributed by atoms with Crippen LogP contribution >= 0.6 is 22.9 Å². The van der Waals surface area contributed by atoms with Crippen molar-refractivity contribution in [3.63, 3.8) is 0 Å². The summed E-state index contributed by atoms with van der Waals surface area (Å²) < 4.78 is 2.79.